The largest absolute Gasteiger partial charge is 0.309 e. The molecule has 2 atom stereocenters. The number of likely N-dealkylation sites (N-methyl/N-ethyl adjacent to an activating group) is 2. The highest BCUT2D eigenvalue weighted by molar-refractivity contribution is 5.21. The lowest BCUT2D eigenvalue weighted by molar-refractivity contribution is 0.0959. The van der Waals surface area contributed by atoms with Crippen molar-refractivity contribution in [2.45, 2.75) is 65.6 Å². The van der Waals surface area contributed by atoms with Crippen LogP contribution < -0.4 is 5.32 Å². The first kappa shape index (κ1) is 18.2. The maximum absolute atomic E-state index is 3.72. The molecule has 2 heteroatoms. The van der Waals surface area contributed by atoms with Gasteiger partial charge < -0.3 is 5.32 Å². The van der Waals surface area contributed by atoms with Gasteiger partial charge in [0.1, 0.15) is 0 Å². The molecule has 0 bridgehead atoms. The van der Waals surface area contributed by atoms with Crippen molar-refractivity contribution >= 4 is 0 Å². The predicted molar refractivity (Wildman–Crippen MR) is 93.6 cm³/mol. The van der Waals surface area contributed by atoms with E-state index in [9.17, 15) is 0 Å². The summed E-state index contributed by atoms with van der Waals surface area (Å²) in [6, 6.07) is 12.5. The third-order valence-corrected chi connectivity index (χ3v) is 4.60. The smallest absolute Gasteiger partial charge is 0.0480 e. The molecule has 0 amide bonds. The minimum Gasteiger partial charge on any atom is -0.309 e. The summed E-state index contributed by atoms with van der Waals surface area (Å²) in [5.74, 6) is 0.611. The van der Waals surface area contributed by atoms with E-state index in [0.717, 1.165) is 6.54 Å². The molecule has 0 heterocycles. The molecule has 0 spiro atoms. The van der Waals surface area contributed by atoms with E-state index >= 15 is 0 Å². The van der Waals surface area contributed by atoms with E-state index in [4.69, 9.17) is 0 Å². The zero-order valence-electron chi connectivity index (χ0n) is 14.8. The lowest BCUT2D eigenvalue weighted by atomic mass is 9.88. The maximum atomic E-state index is 3.72. The van der Waals surface area contributed by atoms with Crippen molar-refractivity contribution in [3.05, 3.63) is 35.9 Å². The summed E-state index contributed by atoms with van der Waals surface area (Å²) >= 11 is 0. The lowest BCUT2D eigenvalue weighted by Gasteiger charge is -2.42. The number of benzene rings is 1. The van der Waals surface area contributed by atoms with E-state index in [-0.39, 0.29) is 0 Å². The Morgan fingerprint density at radius 2 is 1.57 bits per heavy atom. The Morgan fingerprint density at radius 1 is 1.00 bits per heavy atom. The highest BCUT2D eigenvalue weighted by Crippen LogP contribution is 2.28. The molecule has 0 fully saturated rings. The third-order valence-electron chi connectivity index (χ3n) is 4.60. The zero-order valence-corrected chi connectivity index (χ0v) is 14.8. The van der Waals surface area contributed by atoms with Gasteiger partial charge in [-0.15, -0.1) is 0 Å². The molecule has 2 unspecified atom stereocenters. The minimum absolute atomic E-state index is 0.391. The molecule has 0 radical (unpaired) electrons. The number of nitrogens with one attached hydrogen (secondary N) is 1. The van der Waals surface area contributed by atoms with Crippen molar-refractivity contribution in [3.8, 4) is 0 Å². The van der Waals surface area contributed by atoms with Crippen molar-refractivity contribution in [2.24, 2.45) is 5.92 Å². The summed E-state index contributed by atoms with van der Waals surface area (Å²) in [5.41, 5.74) is 1.40. The topological polar surface area (TPSA) is 15.3 Å². The van der Waals surface area contributed by atoms with Crippen LogP contribution in [0.15, 0.2) is 30.3 Å². The summed E-state index contributed by atoms with van der Waals surface area (Å²) in [4.78, 5) is 2.60. The first-order chi connectivity index (χ1) is 10.1. The van der Waals surface area contributed by atoms with Crippen molar-refractivity contribution in [1.29, 1.82) is 0 Å². The van der Waals surface area contributed by atoms with Crippen LogP contribution in [0.2, 0.25) is 0 Å². The van der Waals surface area contributed by atoms with Crippen molar-refractivity contribution in [3.63, 3.8) is 0 Å². The van der Waals surface area contributed by atoms with E-state index in [2.05, 4.69) is 82.2 Å². The summed E-state index contributed by atoms with van der Waals surface area (Å²) < 4.78 is 0. The average molecular weight is 290 g/mol. The first-order valence-electron chi connectivity index (χ1n) is 8.56. The van der Waals surface area contributed by atoms with Gasteiger partial charge in [-0.25, -0.2) is 0 Å². The summed E-state index contributed by atoms with van der Waals surface area (Å²) in [7, 11) is 2.30. The molecule has 21 heavy (non-hydrogen) atoms. The Bertz CT molecular complexity index is 370. The molecule has 0 aliphatic carbocycles. The van der Waals surface area contributed by atoms with Crippen LogP contribution in [-0.4, -0.2) is 30.6 Å². The van der Waals surface area contributed by atoms with Crippen LogP contribution in [-0.2, 0) is 0 Å². The fourth-order valence-electron chi connectivity index (χ4n) is 3.51. The second-order valence-corrected chi connectivity index (χ2v) is 6.32. The van der Waals surface area contributed by atoms with Gasteiger partial charge in [-0.1, -0.05) is 65.0 Å². The molecule has 1 aromatic carbocycles. The van der Waals surface area contributed by atoms with Gasteiger partial charge in [-0.2, -0.15) is 0 Å². The first-order valence-corrected chi connectivity index (χ1v) is 8.56. The monoisotopic (exact) mass is 290 g/mol. The highest BCUT2D eigenvalue weighted by atomic mass is 15.2. The fourth-order valence-corrected chi connectivity index (χ4v) is 3.51. The van der Waals surface area contributed by atoms with Gasteiger partial charge in [0.2, 0.25) is 0 Å². The Kier molecular flexibility index (Phi) is 7.98. The number of nitrogens with zero attached hydrogens (tertiary/aromatic N) is 1. The standard InChI is InChI=1S/C19H34N2/c1-7-17(8-2)21(6)19(15(4)5)18(20-9-3)16-13-11-10-12-14-16/h10-15,17-20H,7-9H2,1-6H3. The zero-order chi connectivity index (χ0) is 15.8. The van der Waals surface area contributed by atoms with Gasteiger partial charge in [0.05, 0.1) is 0 Å². The van der Waals surface area contributed by atoms with Crippen molar-refractivity contribution in [1.82, 2.24) is 10.2 Å². The summed E-state index contributed by atoms with van der Waals surface area (Å²) in [6.45, 7) is 12.5. The van der Waals surface area contributed by atoms with Crippen molar-refractivity contribution in [2.75, 3.05) is 13.6 Å². The van der Waals surface area contributed by atoms with Crippen LogP contribution in [0.25, 0.3) is 0 Å². The molecule has 0 aliphatic heterocycles. The molecule has 0 aromatic heterocycles. The Morgan fingerprint density at radius 3 is 2.00 bits per heavy atom. The maximum Gasteiger partial charge on any atom is 0.0480 e. The van der Waals surface area contributed by atoms with Gasteiger partial charge in [-0.05, 0) is 37.9 Å². The van der Waals surface area contributed by atoms with Crippen LogP contribution in [0, 0.1) is 5.92 Å². The highest BCUT2D eigenvalue weighted by Gasteiger charge is 2.31. The van der Waals surface area contributed by atoms with Gasteiger partial charge in [-0.3, -0.25) is 4.90 Å². The Labute approximate surface area is 131 Å². The average Bonchev–Trinajstić information content (AvgIpc) is 2.48. The Balaban J connectivity index is 3.09. The molecule has 0 saturated heterocycles. The van der Waals surface area contributed by atoms with Crippen LogP contribution in [0.5, 0.6) is 0 Å². The van der Waals surface area contributed by atoms with Crippen molar-refractivity contribution < 1.29 is 0 Å². The molecular formula is C19H34N2. The second kappa shape index (κ2) is 9.22. The van der Waals surface area contributed by atoms with E-state index < -0.39 is 0 Å². The minimum atomic E-state index is 0.391. The Hall–Kier alpha value is -0.860. The number of hydrogen-bond donors (Lipinski definition) is 1. The number of hydrogen-bond acceptors (Lipinski definition) is 2. The molecule has 1 rings (SSSR count). The van der Waals surface area contributed by atoms with E-state index in [1.165, 1.54) is 18.4 Å². The summed E-state index contributed by atoms with van der Waals surface area (Å²) in [6.07, 6.45) is 2.42. The molecule has 2 nitrogen and oxygen atoms in total. The van der Waals surface area contributed by atoms with Crippen LogP contribution in [0.4, 0.5) is 0 Å². The van der Waals surface area contributed by atoms with Crippen LogP contribution in [0.3, 0.4) is 0 Å². The SMILES string of the molecule is CCNC(c1ccccc1)C(C(C)C)N(C)C(CC)CC. The molecule has 0 saturated carbocycles. The molecular weight excluding hydrogens is 256 g/mol. The molecule has 1 aromatic rings. The summed E-state index contributed by atoms with van der Waals surface area (Å²) in [5, 5.41) is 3.72. The van der Waals surface area contributed by atoms with Gasteiger partial charge in [0.15, 0.2) is 0 Å². The van der Waals surface area contributed by atoms with Crippen LogP contribution >= 0.6 is 0 Å². The van der Waals surface area contributed by atoms with Gasteiger partial charge in [0, 0.05) is 18.1 Å². The fraction of sp³-hybridized carbons (Fsp3) is 0.684. The quantitative estimate of drug-likeness (QED) is 0.721. The van der Waals surface area contributed by atoms with E-state index in [1.807, 2.05) is 0 Å². The molecule has 0 aliphatic rings. The lowest BCUT2D eigenvalue weighted by Crippen LogP contribution is -2.50. The molecule has 120 valence electrons. The normalized spacial score (nSPS) is 14.9. The predicted octanol–water partition coefficient (Wildman–Crippen LogP) is 4.48. The molecule has 1 N–H and O–H groups in total. The van der Waals surface area contributed by atoms with E-state index in [1.54, 1.807) is 0 Å². The van der Waals surface area contributed by atoms with E-state index in [0.29, 0.717) is 24.0 Å². The van der Waals surface area contributed by atoms with Gasteiger partial charge in [0.25, 0.3) is 0 Å². The van der Waals surface area contributed by atoms with Gasteiger partial charge >= 0.3 is 0 Å². The van der Waals surface area contributed by atoms with Crippen LogP contribution in [0.1, 0.15) is 59.1 Å². The third kappa shape index (κ3) is 4.82. The second-order valence-electron chi connectivity index (χ2n) is 6.32. The number of rotatable bonds is 9.